The average molecular weight is 719 g/mol. The Hall–Kier alpha value is -6.94. The predicted octanol–water partition coefficient (Wildman–Crippen LogP) is 15.6. The first-order valence-electron chi connectivity index (χ1n) is 18.7. The zero-order chi connectivity index (χ0) is 36.3. The van der Waals surface area contributed by atoms with Crippen LogP contribution in [0.15, 0.2) is 206 Å². The van der Waals surface area contributed by atoms with Crippen molar-refractivity contribution in [2.75, 3.05) is 9.80 Å². The second-order valence-corrected chi connectivity index (χ2v) is 15.3. The molecule has 0 aliphatic carbocycles. The Labute approximate surface area is 323 Å². The number of nitrogens with zero attached hydrogens (tertiary/aromatic N) is 2. The second-order valence-electron chi connectivity index (χ2n) is 14.2. The quantitative estimate of drug-likeness (QED) is 0.169. The summed E-state index contributed by atoms with van der Waals surface area (Å²) in [5.74, 6) is 0. The molecule has 0 saturated heterocycles. The third kappa shape index (κ3) is 5.48. The van der Waals surface area contributed by atoms with Crippen LogP contribution in [0.5, 0.6) is 0 Å². The molecule has 1 heterocycles. The van der Waals surface area contributed by atoms with Crippen LogP contribution in [0.2, 0.25) is 0 Å². The molecule has 0 spiro atoms. The van der Waals surface area contributed by atoms with E-state index in [1.807, 2.05) is 11.3 Å². The summed E-state index contributed by atoms with van der Waals surface area (Å²) in [5, 5.41) is 12.5. The number of para-hydroxylation sites is 2. The monoisotopic (exact) mass is 718 g/mol. The molecular weight excluding hydrogens is 685 g/mol. The van der Waals surface area contributed by atoms with E-state index in [2.05, 4.69) is 216 Å². The molecule has 0 N–H and O–H groups in total. The van der Waals surface area contributed by atoms with Gasteiger partial charge in [0.15, 0.2) is 0 Å². The summed E-state index contributed by atoms with van der Waals surface area (Å²) in [6.45, 7) is 0. The van der Waals surface area contributed by atoms with Crippen molar-refractivity contribution in [2.45, 2.75) is 0 Å². The molecule has 10 aromatic carbocycles. The lowest BCUT2D eigenvalue weighted by atomic mass is 10.0. The van der Waals surface area contributed by atoms with Crippen molar-refractivity contribution in [3.63, 3.8) is 0 Å². The molecule has 11 rings (SSSR count). The van der Waals surface area contributed by atoms with Crippen LogP contribution in [0.3, 0.4) is 0 Å². The summed E-state index contributed by atoms with van der Waals surface area (Å²) < 4.78 is 2.61. The summed E-state index contributed by atoms with van der Waals surface area (Å²) in [4.78, 5) is 4.76. The van der Waals surface area contributed by atoms with Gasteiger partial charge in [-0.05, 0) is 129 Å². The molecule has 11 aromatic rings. The van der Waals surface area contributed by atoms with Crippen LogP contribution in [0, 0.1) is 0 Å². The van der Waals surface area contributed by atoms with Gasteiger partial charge in [-0.1, -0.05) is 115 Å². The van der Waals surface area contributed by atoms with Crippen molar-refractivity contribution in [1.82, 2.24) is 0 Å². The molecule has 0 unspecified atom stereocenters. The van der Waals surface area contributed by atoms with E-state index in [0.29, 0.717) is 0 Å². The summed E-state index contributed by atoms with van der Waals surface area (Å²) >= 11 is 1.88. The van der Waals surface area contributed by atoms with Crippen molar-refractivity contribution in [3.8, 4) is 0 Å². The van der Waals surface area contributed by atoms with Crippen LogP contribution in [-0.2, 0) is 0 Å². The van der Waals surface area contributed by atoms with Crippen LogP contribution >= 0.6 is 11.3 Å². The lowest BCUT2D eigenvalue weighted by Gasteiger charge is -2.27. The van der Waals surface area contributed by atoms with E-state index < -0.39 is 0 Å². The lowest BCUT2D eigenvalue weighted by molar-refractivity contribution is 1.29. The standard InChI is InChI=1S/C52H34N2S/c1-3-16-42(17-4-1)53(44-25-22-35-12-7-8-14-37(35)28-44)45-26-23-38-33-51-48(31-40(38)29-45)49-32-41-30-46(27-24-39(41)34-52(49)55-51)54(43-18-5-2-6-19-43)50-21-11-15-36-13-9-10-20-47(36)50/h1-34H. The first-order valence-corrected chi connectivity index (χ1v) is 19.6. The van der Waals surface area contributed by atoms with E-state index in [9.17, 15) is 0 Å². The van der Waals surface area contributed by atoms with Crippen LogP contribution in [0.1, 0.15) is 0 Å². The number of hydrogen-bond acceptors (Lipinski definition) is 3. The molecule has 2 nitrogen and oxygen atoms in total. The van der Waals surface area contributed by atoms with E-state index >= 15 is 0 Å². The molecule has 0 saturated carbocycles. The van der Waals surface area contributed by atoms with Crippen LogP contribution in [0.4, 0.5) is 34.1 Å². The maximum absolute atomic E-state index is 2.40. The highest BCUT2D eigenvalue weighted by atomic mass is 32.1. The fourth-order valence-corrected chi connectivity index (χ4v) is 9.43. The Morgan fingerprint density at radius 1 is 0.255 bits per heavy atom. The first-order chi connectivity index (χ1) is 27.2. The summed E-state index contributed by atoms with van der Waals surface area (Å²) in [7, 11) is 0. The minimum absolute atomic E-state index is 1.13. The van der Waals surface area contributed by atoms with Gasteiger partial charge in [0, 0.05) is 54.0 Å². The SMILES string of the molecule is c1ccc(N(c2ccc3ccccc3c2)c2ccc3cc4sc5cc6ccc(N(c7ccccc7)c7cccc8ccccc78)cc6cc5c4cc3c2)cc1. The number of hydrogen-bond donors (Lipinski definition) is 0. The van der Waals surface area contributed by atoms with Crippen LogP contribution < -0.4 is 9.80 Å². The van der Waals surface area contributed by atoms with E-state index in [1.165, 1.54) is 68.9 Å². The van der Waals surface area contributed by atoms with Crippen molar-refractivity contribution >= 4 is 109 Å². The minimum atomic E-state index is 1.13. The van der Waals surface area contributed by atoms with Crippen molar-refractivity contribution in [1.29, 1.82) is 0 Å². The first kappa shape index (κ1) is 31.6. The van der Waals surface area contributed by atoms with Crippen molar-refractivity contribution in [2.24, 2.45) is 0 Å². The highest BCUT2D eigenvalue weighted by Gasteiger charge is 2.18. The maximum atomic E-state index is 2.40. The zero-order valence-electron chi connectivity index (χ0n) is 29.9. The summed E-state index contributed by atoms with van der Waals surface area (Å²) in [6, 6.07) is 75.3. The summed E-state index contributed by atoms with van der Waals surface area (Å²) in [6.07, 6.45) is 0. The van der Waals surface area contributed by atoms with Gasteiger partial charge in [-0.3, -0.25) is 0 Å². The Bertz CT molecular complexity index is 3220. The number of rotatable bonds is 6. The molecule has 0 bridgehead atoms. The van der Waals surface area contributed by atoms with Gasteiger partial charge in [-0.2, -0.15) is 0 Å². The molecule has 1 aromatic heterocycles. The third-order valence-electron chi connectivity index (χ3n) is 10.9. The predicted molar refractivity (Wildman–Crippen MR) is 239 cm³/mol. The van der Waals surface area contributed by atoms with E-state index in [-0.39, 0.29) is 0 Å². The molecule has 0 aliphatic heterocycles. The zero-order valence-corrected chi connectivity index (χ0v) is 30.7. The number of anilines is 6. The fourth-order valence-electron chi connectivity index (χ4n) is 8.26. The van der Waals surface area contributed by atoms with Gasteiger partial charge in [-0.25, -0.2) is 0 Å². The van der Waals surface area contributed by atoms with Gasteiger partial charge >= 0.3 is 0 Å². The number of benzene rings is 10. The Morgan fingerprint density at radius 2 is 0.709 bits per heavy atom. The van der Waals surface area contributed by atoms with Crippen LogP contribution in [0.25, 0.3) is 63.3 Å². The van der Waals surface area contributed by atoms with Gasteiger partial charge < -0.3 is 9.80 Å². The average Bonchev–Trinajstić information content (AvgIpc) is 3.58. The van der Waals surface area contributed by atoms with Crippen molar-refractivity contribution in [3.05, 3.63) is 206 Å². The Balaban J connectivity index is 1.06. The topological polar surface area (TPSA) is 6.48 Å². The summed E-state index contributed by atoms with van der Waals surface area (Å²) in [5.41, 5.74) is 6.85. The van der Waals surface area contributed by atoms with E-state index in [1.54, 1.807) is 0 Å². The molecule has 0 atom stereocenters. The maximum Gasteiger partial charge on any atom is 0.0540 e. The van der Waals surface area contributed by atoms with Crippen molar-refractivity contribution < 1.29 is 0 Å². The van der Waals surface area contributed by atoms with Gasteiger partial charge in [0.25, 0.3) is 0 Å². The van der Waals surface area contributed by atoms with Gasteiger partial charge in [0.1, 0.15) is 0 Å². The van der Waals surface area contributed by atoms with Gasteiger partial charge in [-0.15, -0.1) is 11.3 Å². The minimum Gasteiger partial charge on any atom is -0.310 e. The molecule has 258 valence electrons. The molecule has 0 fully saturated rings. The second kappa shape index (κ2) is 12.9. The molecular formula is C52H34N2S. The highest BCUT2D eigenvalue weighted by Crippen LogP contribution is 2.44. The van der Waals surface area contributed by atoms with Crippen LogP contribution in [-0.4, -0.2) is 0 Å². The normalized spacial score (nSPS) is 11.6. The Morgan fingerprint density at radius 3 is 1.35 bits per heavy atom. The van der Waals surface area contributed by atoms with E-state index in [0.717, 1.165) is 28.4 Å². The number of fused-ring (bicyclic) bond motifs is 7. The van der Waals surface area contributed by atoms with E-state index in [4.69, 9.17) is 0 Å². The molecule has 0 radical (unpaired) electrons. The molecule has 0 amide bonds. The smallest absolute Gasteiger partial charge is 0.0540 e. The molecule has 55 heavy (non-hydrogen) atoms. The molecule has 3 heteroatoms. The largest absolute Gasteiger partial charge is 0.310 e. The fraction of sp³-hybridized carbons (Fsp3) is 0. The molecule has 0 aliphatic rings. The van der Waals surface area contributed by atoms with Gasteiger partial charge in [0.05, 0.1) is 5.69 Å². The number of thiophene rings is 1. The van der Waals surface area contributed by atoms with Gasteiger partial charge in [0.2, 0.25) is 0 Å². The Kier molecular flexibility index (Phi) is 7.39. The third-order valence-corrected chi connectivity index (χ3v) is 12.0. The lowest BCUT2D eigenvalue weighted by Crippen LogP contribution is -2.10. The highest BCUT2D eigenvalue weighted by molar-refractivity contribution is 7.26.